The smallest absolute Gasteiger partial charge is 0.281 e. The van der Waals surface area contributed by atoms with Gasteiger partial charge in [0.25, 0.3) is 18.2 Å². The van der Waals surface area contributed by atoms with Gasteiger partial charge < -0.3 is 15.1 Å². The van der Waals surface area contributed by atoms with Crippen molar-refractivity contribution in [2.24, 2.45) is 13.0 Å². The second-order valence-corrected chi connectivity index (χ2v) is 11.7. The highest BCUT2D eigenvalue weighted by molar-refractivity contribution is 6.30. The Morgan fingerprint density at radius 1 is 1.14 bits per heavy atom. The van der Waals surface area contributed by atoms with Crippen LogP contribution in [-0.4, -0.2) is 63.1 Å². The van der Waals surface area contributed by atoms with Crippen LogP contribution in [0.15, 0.2) is 42.7 Å². The quantitative estimate of drug-likeness (QED) is 0.455. The molecule has 1 saturated heterocycles. The van der Waals surface area contributed by atoms with E-state index < -0.39 is 29.3 Å². The number of hydrogen-bond acceptors (Lipinski definition) is 5. The van der Waals surface area contributed by atoms with Crippen LogP contribution >= 0.6 is 11.6 Å². The first-order chi connectivity index (χ1) is 20.1. The van der Waals surface area contributed by atoms with Crippen molar-refractivity contribution in [2.45, 2.75) is 43.6 Å². The number of pyridine rings is 1. The number of benzene rings is 1. The standard InChI is InChI=1S/C29H28ClF3N6O3/c1-37-22(8-9-35-37)27(41)38-14-29(15-38)21-7-4-18(31)11-23(21)39(28(29)42)13-16-2-5-19(6-3-16)36-26(40)20-10-17(30)12-34-24(20)25(32)33/h4,7-12,16,19,25H,2-3,5-6,13-15H2,1H3,(H,36,40)/t16-,19-. The number of amides is 3. The minimum atomic E-state index is -2.91. The Labute approximate surface area is 244 Å². The maximum absolute atomic E-state index is 14.4. The Hall–Kier alpha value is -3.93. The molecule has 4 heterocycles. The lowest BCUT2D eigenvalue weighted by atomic mass is 9.74. The fourth-order valence-electron chi connectivity index (χ4n) is 6.41. The van der Waals surface area contributed by atoms with E-state index in [-0.39, 0.29) is 47.4 Å². The normalized spacial score (nSPS) is 21.0. The molecule has 6 rings (SSSR count). The van der Waals surface area contributed by atoms with Crippen LogP contribution in [0.5, 0.6) is 0 Å². The maximum Gasteiger partial charge on any atom is 0.281 e. The lowest BCUT2D eigenvalue weighted by Gasteiger charge is -2.46. The van der Waals surface area contributed by atoms with Gasteiger partial charge in [-0.2, -0.15) is 5.10 Å². The monoisotopic (exact) mass is 600 g/mol. The number of aromatic nitrogens is 3. The number of halogens is 4. The van der Waals surface area contributed by atoms with Crippen LogP contribution in [0.25, 0.3) is 0 Å². The molecule has 9 nitrogen and oxygen atoms in total. The Morgan fingerprint density at radius 2 is 1.88 bits per heavy atom. The third-order valence-electron chi connectivity index (χ3n) is 8.63. The predicted molar refractivity (Wildman–Crippen MR) is 147 cm³/mol. The first-order valence-corrected chi connectivity index (χ1v) is 14.1. The van der Waals surface area contributed by atoms with E-state index >= 15 is 0 Å². The number of hydrogen-bond donors (Lipinski definition) is 1. The van der Waals surface area contributed by atoms with Crippen molar-refractivity contribution in [2.75, 3.05) is 24.5 Å². The van der Waals surface area contributed by atoms with Crippen molar-refractivity contribution >= 4 is 35.0 Å². The molecule has 0 unspecified atom stereocenters. The molecule has 2 fully saturated rings. The molecule has 3 aliphatic rings. The first-order valence-electron chi connectivity index (χ1n) is 13.7. The molecule has 42 heavy (non-hydrogen) atoms. The summed E-state index contributed by atoms with van der Waals surface area (Å²) in [4.78, 5) is 46.5. The topological polar surface area (TPSA) is 100 Å². The zero-order valence-corrected chi connectivity index (χ0v) is 23.5. The van der Waals surface area contributed by atoms with Crippen LogP contribution in [0.4, 0.5) is 18.9 Å². The van der Waals surface area contributed by atoms with Crippen molar-refractivity contribution in [3.63, 3.8) is 0 Å². The molecule has 0 atom stereocenters. The van der Waals surface area contributed by atoms with Crippen molar-refractivity contribution in [1.82, 2.24) is 25.0 Å². The summed E-state index contributed by atoms with van der Waals surface area (Å²) >= 11 is 5.89. The fraction of sp³-hybridized carbons (Fsp3) is 0.414. The SMILES string of the molecule is Cn1nccc1C(=O)N1CC2(C1)C(=O)N(C[C@H]1CC[C@H](NC(=O)c3cc(Cl)cnc3C(F)F)CC1)c1cc(F)ccc12. The molecule has 2 aromatic heterocycles. The Bertz CT molecular complexity index is 1570. The van der Waals surface area contributed by atoms with Gasteiger partial charge in [0.15, 0.2) is 0 Å². The van der Waals surface area contributed by atoms with Crippen molar-refractivity contribution in [1.29, 1.82) is 0 Å². The number of fused-ring (bicyclic) bond motifs is 2. The van der Waals surface area contributed by atoms with Gasteiger partial charge >= 0.3 is 0 Å². The molecular weight excluding hydrogens is 573 g/mol. The average molecular weight is 601 g/mol. The molecular formula is C29H28ClF3N6O3. The van der Waals surface area contributed by atoms with Gasteiger partial charge in [0.2, 0.25) is 5.91 Å². The number of carbonyl (C=O) groups is 3. The molecule has 1 aromatic carbocycles. The average Bonchev–Trinajstić information content (AvgIpc) is 3.47. The lowest BCUT2D eigenvalue weighted by molar-refractivity contribution is -0.128. The van der Waals surface area contributed by atoms with E-state index in [0.29, 0.717) is 49.2 Å². The first kappa shape index (κ1) is 28.2. The van der Waals surface area contributed by atoms with E-state index in [9.17, 15) is 27.6 Å². The van der Waals surface area contributed by atoms with Crippen LogP contribution in [0.2, 0.25) is 5.02 Å². The molecule has 2 aliphatic heterocycles. The minimum Gasteiger partial charge on any atom is -0.349 e. The van der Waals surface area contributed by atoms with Gasteiger partial charge in [-0.25, -0.2) is 13.2 Å². The largest absolute Gasteiger partial charge is 0.349 e. The Morgan fingerprint density at radius 3 is 2.55 bits per heavy atom. The van der Waals surface area contributed by atoms with Gasteiger partial charge in [0, 0.05) is 45.1 Å². The molecule has 3 amide bonds. The zero-order valence-electron chi connectivity index (χ0n) is 22.7. The highest BCUT2D eigenvalue weighted by atomic mass is 35.5. The lowest BCUT2D eigenvalue weighted by Crippen LogP contribution is -2.65. The highest BCUT2D eigenvalue weighted by Gasteiger charge is 2.59. The summed E-state index contributed by atoms with van der Waals surface area (Å²) in [6, 6.07) is 6.93. The second-order valence-electron chi connectivity index (χ2n) is 11.2. The van der Waals surface area contributed by atoms with Crippen molar-refractivity contribution < 1.29 is 27.6 Å². The van der Waals surface area contributed by atoms with E-state index in [4.69, 9.17) is 11.6 Å². The third kappa shape index (κ3) is 4.81. The molecule has 0 bridgehead atoms. The van der Waals surface area contributed by atoms with Crippen molar-refractivity contribution in [3.8, 4) is 0 Å². The number of likely N-dealkylation sites (tertiary alicyclic amines) is 1. The molecule has 13 heteroatoms. The van der Waals surface area contributed by atoms with E-state index in [1.54, 1.807) is 35.2 Å². The zero-order chi connectivity index (χ0) is 29.8. The van der Waals surface area contributed by atoms with Gasteiger partial charge in [-0.15, -0.1) is 0 Å². The number of anilines is 1. The minimum absolute atomic E-state index is 0.0880. The van der Waals surface area contributed by atoms with E-state index in [2.05, 4.69) is 15.4 Å². The van der Waals surface area contributed by atoms with Gasteiger partial charge in [-0.3, -0.25) is 24.0 Å². The molecule has 1 N–H and O–H groups in total. The summed E-state index contributed by atoms with van der Waals surface area (Å²) < 4.78 is 42.6. The summed E-state index contributed by atoms with van der Waals surface area (Å²) in [6.07, 6.45) is 2.23. The van der Waals surface area contributed by atoms with Gasteiger partial charge in [0.05, 0.1) is 16.3 Å². The van der Waals surface area contributed by atoms with Gasteiger partial charge in [0.1, 0.15) is 22.6 Å². The molecule has 1 saturated carbocycles. The number of nitrogens with zero attached hydrogens (tertiary/aromatic N) is 5. The number of aryl methyl sites for hydroxylation is 1. The summed E-state index contributed by atoms with van der Waals surface area (Å²) in [7, 11) is 1.68. The van der Waals surface area contributed by atoms with Crippen LogP contribution in [-0.2, 0) is 17.3 Å². The van der Waals surface area contributed by atoms with Gasteiger partial charge in [-0.05, 0) is 61.4 Å². The highest BCUT2D eigenvalue weighted by Crippen LogP contribution is 2.48. The molecule has 3 aromatic rings. The van der Waals surface area contributed by atoms with Crippen LogP contribution < -0.4 is 10.2 Å². The summed E-state index contributed by atoms with van der Waals surface area (Å²) in [5, 5.41) is 6.96. The summed E-state index contributed by atoms with van der Waals surface area (Å²) in [5.41, 5.74) is -0.120. The molecule has 220 valence electrons. The predicted octanol–water partition coefficient (Wildman–Crippen LogP) is 4.27. The van der Waals surface area contributed by atoms with E-state index in [1.165, 1.54) is 22.9 Å². The van der Waals surface area contributed by atoms with Crippen LogP contribution in [0.1, 0.15) is 64.2 Å². The number of carbonyl (C=O) groups excluding carboxylic acids is 3. The Balaban J connectivity index is 1.11. The number of alkyl halides is 2. The van der Waals surface area contributed by atoms with Crippen LogP contribution in [0.3, 0.4) is 0 Å². The van der Waals surface area contributed by atoms with E-state index in [1.807, 2.05) is 0 Å². The summed E-state index contributed by atoms with van der Waals surface area (Å²) in [5.74, 6) is -1.38. The van der Waals surface area contributed by atoms with Gasteiger partial charge in [-0.1, -0.05) is 17.7 Å². The number of nitrogens with one attached hydrogen (secondary N) is 1. The third-order valence-corrected chi connectivity index (χ3v) is 8.84. The summed E-state index contributed by atoms with van der Waals surface area (Å²) in [6.45, 7) is 0.770. The maximum atomic E-state index is 14.4. The van der Waals surface area contributed by atoms with Crippen LogP contribution in [0, 0.1) is 11.7 Å². The van der Waals surface area contributed by atoms with Crippen molar-refractivity contribution in [3.05, 3.63) is 76.1 Å². The second kappa shape index (κ2) is 10.7. The van der Waals surface area contributed by atoms with E-state index in [0.717, 1.165) is 6.20 Å². The fourth-order valence-corrected chi connectivity index (χ4v) is 6.57. The molecule has 1 spiro atoms. The molecule has 0 radical (unpaired) electrons. The molecule has 1 aliphatic carbocycles. The Kier molecular flexibility index (Phi) is 7.20. The number of rotatable bonds is 6.